The lowest BCUT2D eigenvalue weighted by Crippen LogP contribution is -2.00. The van der Waals surface area contributed by atoms with Crippen molar-refractivity contribution in [3.05, 3.63) is 102 Å². The van der Waals surface area contributed by atoms with Crippen LogP contribution in [-0.2, 0) is 23.2 Å². The molecule has 3 heteroatoms. The average Bonchev–Trinajstić information content (AvgIpc) is 3.04. The third-order valence-corrected chi connectivity index (χ3v) is 4.80. The minimum atomic E-state index is -0.351. The van der Waals surface area contributed by atoms with Gasteiger partial charge in [-0.2, -0.15) is 0 Å². The van der Waals surface area contributed by atoms with Crippen LogP contribution in [0.5, 0.6) is 0 Å². The Morgan fingerprint density at radius 2 is 1.54 bits per heavy atom. The Hall–Kier alpha value is -3.59. The van der Waals surface area contributed by atoms with Crippen molar-refractivity contribution in [3.63, 3.8) is 0 Å². The number of esters is 1. The molecule has 4 aromatic rings. The fourth-order valence-corrected chi connectivity index (χ4v) is 3.46. The highest BCUT2D eigenvalue weighted by molar-refractivity contribution is 6.00. The third kappa shape index (κ3) is 3.60. The number of ether oxygens (including phenoxy) is 1. The van der Waals surface area contributed by atoms with Crippen molar-refractivity contribution in [1.29, 1.82) is 0 Å². The Labute approximate surface area is 164 Å². The summed E-state index contributed by atoms with van der Waals surface area (Å²) in [5.74, 6) is -0.351. The number of nitrogens with zero attached hydrogens (tertiary/aromatic N) is 1. The molecule has 138 valence electrons. The SMILES string of the molecule is Cn1c(-c2ccccc2)c(/C=C/C(=O)OCc2ccccc2)c2ccccc21. The molecule has 0 aliphatic carbocycles. The zero-order valence-corrected chi connectivity index (χ0v) is 15.7. The fourth-order valence-electron chi connectivity index (χ4n) is 3.46. The first kappa shape index (κ1) is 17.8. The Bertz CT molecular complexity index is 1130. The van der Waals surface area contributed by atoms with Gasteiger partial charge in [0.2, 0.25) is 0 Å². The first-order chi connectivity index (χ1) is 13.7. The summed E-state index contributed by atoms with van der Waals surface area (Å²) in [6.07, 6.45) is 3.37. The molecule has 0 unspecified atom stereocenters. The van der Waals surface area contributed by atoms with Gasteiger partial charge < -0.3 is 9.30 Å². The van der Waals surface area contributed by atoms with Crippen LogP contribution in [0.4, 0.5) is 0 Å². The maximum absolute atomic E-state index is 12.3. The molecule has 0 radical (unpaired) electrons. The van der Waals surface area contributed by atoms with Crippen LogP contribution in [-0.4, -0.2) is 10.5 Å². The van der Waals surface area contributed by atoms with E-state index in [0.717, 1.165) is 33.3 Å². The molecule has 0 atom stereocenters. The van der Waals surface area contributed by atoms with Crippen molar-refractivity contribution in [2.45, 2.75) is 6.61 Å². The summed E-state index contributed by atoms with van der Waals surface area (Å²) in [6, 6.07) is 28.1. The highest BCUT2D eigenvalue weighted by Crippen LogP contribution is 2.33. The molecule has 0 aliphatic rings. The van der Waals surface area contributed by atoms with E-state index >= 15 is 0 Å². The van der Waals surface area contributed by atoms with Gasteiger partial charge in [0.1, 0.15) is 6.61 Å². The molecule has 0 fully saturated rings. The van der Waals surface area contributed by atoms with E-state index in [1.54, 1.807) is 0 Å². The van der Waals surface area contributed by atoms with Gasteiger partial charge in [-0.05, 0) is 23.3 Å². The zero-order chi connectivity index (χ0) is 19.3. The van der Waals surface area contributed by atoms with Crippen molar-refractivity contribution >= 4 is 22.9 Å². The predicted molar refractivity (Wildman–Crippen MR) is 114 cm³/mol. The monoisotopic (exact) mass is 367 g/mol. The summed E-state index contributed by atoms with van der Waals surface area (Å²) in [5, 5.41) is 1.11. The van der Waals surface area contributed by atoms with Crippen LogP contribution in [0, 0.1) is 0 Å². The van der Waals surface area contributed by atoms with Crippen LogP contribution >= 0.6 is 0 Å². The number of hydrogen-bond acceptors (Lipinski definition) is 2. The van der Waals surface area contributed by atoms with E-state index in [1.807, 2.05) is 66.7 Å². The van der Waals surface area contributed by atoms with Crippen LogP contribution in [0.3, 0.4) is 0 Å². The molecule has 3 nitrogen and oxygen atoms in total. The van der Waals surface area contributed by atoms with Gasteiger partial charge in [0.25, 0.3) is 0 Å². The standard InChI is InChI=1S/C25H21NO2/c1-26-23-15-9-8-14-21(23)22(25(26)20-12-6-3-7-13-20)16-17-24(27)28-18-19-10-4-2-5-11-19/h2-17H,18H2,1H3/b17-16+. The molecule has 0 spiro atoms. The van der Waals surface area contributed by atoms with Crippen LogP contribution < -0.4 is 0 Å². The van der Waals surface area contributed by atoms with Crippen molar-refractivity contribution in [2.75, 3.05) is 0 Å². The predicted octanol–water partition coefficient (Wildman–Crippen LogP) is 5.60. The van der Waals surface area contributed by atoms with Crippen LogP contribution in [0.2, 0.25) is 0 Å². The lowest BCUT2D eigenvalue weighted by molar-refractivity contribution is -0.138. The number of carbonyl (C=O) groups excluding carboxylic acids is 1. The number of aromatic nitrogens is 1. The van der Waals surface area contributed by atoms with Crippen LogP contribution in [0.1, 0.15) is 11.1 Å². The van der Waals surface area contributed by atoms with E-state index in [2.05, 4.69) is 35.9 Å². The van der Waals surface area contributed by atoms with Gasteiger partial charge in [0.15, 0.2) is 0 Å². The van der Waals surface area contributed by atoms with Gasteiger partial charge in [0, 0.05) is 29.6 Å². The molecule has 3 aromatic carbocycles. The minimum absolute atomic E-state index is 0.269. The largest absolute Gasteiger partial charge is 0.458 e. The molecule has 0 aliphatic heterocycles. The first-order valence-electron chi connectivity index (χ1n) is 9.25. The van der Waals surface area contributed by atoms with Crippen molar-refractivity contribution in [3.8, 4) is 11.3 Å². The number of carbonyl (C=O) groups is 1. The van der Waals surface area contributed by atoms with Crippen molar-refractivity contribution in [2.24, 2.45) is 7.05 Å². The molecule has 0 N–H and O–H groups in total. The fraction of sp³-hybridized carbons (Fsp3) is 0.0800. The summed E-state index contributed by atoms with van der Waals surface area (Å²) in [6.45, 7) is 0.269. The Kier molecular flexibility index (Phi) is 5.07. The molecule has 0 saturated heterocycles. The number of para-hydroxylation sites is 1. The first-order valence-corrected chi connectivity index (χ1v) is 9.25. The Morgan fingerprint density at radius 3 is 2.29 bits per heavy atom. The van der Waals surface area contributed by atoms with Crippen LogP contribution in [0.15, 0.2) is 91.0 Å². The second-order valence-corrected chi connectivity index (χ2v) is 6.63. The van der Waals surface area contributed by atoms with Gasteiger partial charge in [-0.15, -0.1) is 0 Å². The normalized spacial score (nSPS) is 11.2. The van der Waals surface area contributed by atoms with Crippen LogP contribution in [0.25, 0.3) is 28.2 Å². The van der Waals surface area contributed by atoms with E-state index in [4.69, 9.17) is 4.74 Å². The smallest absolute Gasteiger partial charge is 0.331 e. The molecule has 1 aromatic heterocycles. The number of aryl methyl sites for hydroxylation is 1. The molecule has 0 amide bonds. The molecule has 28 heavy (non-hydrogen) atoms. The number of rotatable bonds is 5. The molecule has 0 bridgehead atoms. The highest BCUT2D eigenvalue weighted by Gasteiger charge is 2.14. The molecular formula is C25H21NO2. The number of hydrogen-bond donors (Lipinski definition) is 0. The van der Waals surface area contributed by atoms with Crippen molar-refractivity contribution < 1.29 is 9.53 Å². The van der Waals surface area contributed by atoms with E-state index in [-0.39, 0.29) is 12.6 Å². The summed E-state index contributed by atoms with van der Waals surface area (Å²) < 4.78 is 7.55. The Balaban J connectivity index is 1.66. The number of fused-ring (bicyclic) bond motifs is 1. The highest BCUT2D eigenvalue weighted by atomic mass is 16.5. The van der Waals surface area contributed by atoms with Crippen molar-refractivity contribution in [1.82, 2.24) is 4.57 Å². The van der Waals surface area contributed by atoms with E-state index in [0.29, 0.717) is 0 Å². The quantitative estimate of drug-likeness (QED) is 0.339. The average molecular weight is 367 g/mol. The third-order valence-electron chi connectivity index (χ3n) is 4.80. The Morgan fingerprint density at radius 1 is 0.893 bits per heavy atom. The van der Waals surface area contributed by atoms with Gasteiger partial charge in [0.05, 0.1) is 5.69 Å². The lowest BCUT2D eigenvalue weighted by atomic mass is 10.0. The molecular weight excluding hydrogens is 346 g/mol. The summed E-state index contributed by atoms with van der Waals surface area (Å²) in [4.78, 5) is 12.3. The minimum Gasteiger partial charge on any atom is -0.458 e. The summed E-state index contributed by atoms with van der Waals surface area (Å²) in [5.41, 5.74) is 5.30. The van der Waals surface area contributed by atoms with Gasteiger partial charge in [-0.1, -0.05) is 78.9 Å². The number of benzene rings is 3. The second-order valence-electron chi connectivity index (χ2n) is 6.63. The summed E-state index contributed by atoms with van der Waals surface area (Å²) in [7, 11) is 2.05. The van der Waals surface area contributed by atoms with Gasteiger partial charge in [-0.3, -0.25) is 0 Å². The zero-order valence-electron chi connectivity index (χ0n) is 15.7. The molecule has 4 rings (SSSR count). The van der Waals surface area contributed by atoms with E-state index in [9.17, 15) is 4.79 Å². The van der Waals surface area contributed by atoms with Gasteiger partial charge >= 0.3 is 5.97 Å². The maximum atomic E-state index is 12.3. The van der Waals surface area contributed by atoms with E-state index in [1.165, 1.54) is 6.08 Å². The maximum Gasteiger partial charge on any atom is 0.331 e. The molecule has 1 heterocycles. The second kappa shape index (κ2) is 7.97. The summed E-state index contributed by atoms with van der Waals surface area (Å²) >= 11 is 0. The molecule has 0 saturated carbocycles. The topological polar surface area (TPSA) is 31.2 Å². The van der Waals surface area contributed by atoms with E-state index < -0.39 is 0 Å². The van der Waals surface area contributed by atoms with Gasteiger partial charge in [-0.25, -0.2) is 4.79 Å². The lowest BCUT2D eigenvalue weighted by Gasteiger charge is -2.06.